The van der Waals surface area contributed by atoms with Gasteiger partial charge in [-0.2, -0.15) is 0 Å². The molecule has 1 aromatic rings. The smallest absolute Gasteiger partial charge is 0.358 e. The van der Waals surface area contributed by atoms with Crippen LogP contribution >= 0.6 is 0 Å². The number of hydrogen-bond donors (Lipinski definition) is 2. The average Bonchev–Trinajstić information content (AvgIpc) is 2.15. The summed E-state index contributed by atoms with van der Waals surface area (Å²) in [6, 6.07) is 0. The summed E-state index contributed by atoms with van der Waals surface area (Å²) < 4.78 is 24.7. The van der Waals surface area contributed by atoms with E-state index in [1.807, 2.05) is 0 Å². The maximum Gasteiger partial charge on any atom is 0.358 e. The normalized spacial score (nSPS) is 12.2. The molecule has 0 aliphatic heterocycles. The first-order chi connectivity index (χ1) is 7.65. The van der Waals surface area contributed by atoms with Crippen LogP contribution in [0.15, 0.2) is 12.4 Å². The molecule has 1 rings (SSSR count). The minimum Gasteiger partial charge on any atom is -0.476 e. The third kappa shape index (κ3) is 2.90. The summed E-state index contributed by atoms with van der Waals surface area (Å²) in [6.45, 7) is 4.48. The quantitative estimate of drug-likeness (QED) is 0.827. The zero-order valence-electron chi connectivity index (χ0n) is 9.63. The lowest BCUT2D eigenvalue weighted by Crippen LogP contribution is -2.34. The standard InChI is InChI=1S/C9H13N3O4S/c1-9(2,3)17(15,16)12-7-6(8(13)14)10-4-5-11-7/h4-5H,1-3H3,(H,11,12)(H,13,14). The summed E-state index contributed by atoms with van der Waals surface area (Å²) in [4.78, 5) is 18.0. The van der Waals surface area contributed by atoms with E-state index < -0.39 is 26.4 Å². The molecule has 7 nitrogen and oxygen atoms in total. The summed E-state index contributed by atoms with van der Waals surface area (Å²) in [5.74, 6) is -1.63. The predicted molar refractivity (Wildman–Crippen MR) is 61.3 cm³/mol. The summed E-state index contributed by atoms with van der Waals surface area (Å²) in [7, 11) is -3.72. The van der Waals surface area contributed by atoms with Crippen LogP contribution in [0.2, 0.25) is 0 Å². The van der Waals surface area contributed by atoms with Gasteiger partial charge in [0.2, 0.25) is 10.0 Å². The van der Waals surface area contributed by atoms with Crippen LogP contribution in [0.4, 0.5) is 5.82 Å². The molecule has 17 heavy (non-hydrogen) atoms. The minimum atomic E-state index is -3.72. The van der Waals surface area contributed by atoms with Crippen molar-refractivity contribution in [2.75, 3.05) is 4.72 Å². The van der Waals surface area contributed by atoms with Crippen LogP contribution in [0, 0.1) is 0 Å². The lowest BCUT2D eigenvalue weighted by molar-refractivity contribution is 0.0691. The monoisotopic (exact) mass is 259 g/mol. The van der Waals surface area contributed by atoms with Crippen LogP contribution in [0.1, 0.15) is 31.3 Å². The van der Waals surface area contributed by atoms with E-state index >= 15 is 0 Å². The Labute approximate surface area is 99.0 Å². The van der Waals surface area contributed by atoms with Crippen molar-refractivity contribution >= 4 is 21.8 Å². The molecule has 2 N–H and O–H groups in total. The molecule has 0 radical (unpaired) electrons. The maximum atomic E-state index is 11.8. The van der Waals surface area contributed by atoms with Crippen LogP contribution in [-0.2, 0) is 10.0 Å². The van der Waals surface area contributed by atoms with Crippen molar-refractivity contribution in [3.05, 3.63) is 18.1 Å². The molecule has 1 heterocycles. The number of anilines is 1. The van der Waals surface area contributed by atoms with Gasteiger partial charge in [-0.05, 0) is 20.8 Å². The number of nitrogens with zero attached hydrogens (tertiary/aromatic N) is 2. The minimum absolute atomic E-state index is 0.282. The SMILES string of the molecule is CC(C)(C)S(=O)(=O)Nc1nccnc1C(=O)O. The second kappa shape index (κ2) is 4.28. The van der Waals surface area contributed by atoms with Gasteiger partial charge in [-0.25, -0.2) is 23.2 Å². The van der Waals surface area contributed by atoms with E-state index in [1.54, 1.807) is 0 Å². The van der Waals surface area contributed by atoms with Gasteiger partial charge in [0.05, 0.1) is 4.75 Å². The number of aromatic carboxylic acids is 1. The summed E-state index contributed by atoms with van der Waals surface area (Å²) >= 11 is 0. The van der Waals surface area contributed by atoms with Crippen molar-refractivity contribution in [3.63, 3.8) is 0 Å². The lowest BCUT2D eigenvalue weighted by atomic mass is 10.3. The Morgan fingerprint density at radius 1 is 1.29 bits per heavy atom. The van der Waals surface area contributed by atoms with Gasteiger partial charge < -0.3 is 5.11 Å². The predicted octanol–water partition coefficient (Wildman–Crippen LogP) is 0.715. The first kappa shape index (κ1) is 13.4. The van der Waals surface area contributed by atoms with Crippen molar-refractivity contribution in [1.82, 2.24) is 9.97 Å². The second-order valence-corrected chi connectivity index (χ2v) is 6.71. The third-order valence-corrected chi connectivity index (χ3v) is 4.01. The number of rotatable bonds is 3. The summed E-state index contributed by atoms with van der Waals surface area (Å²) in [5, 5.41) is 8.83. The highest BCUT2D eigenvalue weighted by molar-refractivity contribution is 7.94. The van der Waals surface area contributed by atoms with Crippen molar-refractivity contribution in [1.29, 1.82) is 0 Å². The fourth-order valence-electron chi connectivity index (χ4n) is 0.850. The molecule has 0 aliphatic carbocycles. The Kier molecular flexibility index (Phi) is 3.37. The highest BCUT2D eigenvalue weighted by atomic mass is 32.2. The van der Waals surface area contributed by atoms with Crippen LogP contribution in [0.25, 0.3) is 0 Å². The topological polar surface area (TPSA) is 109 Å². The molecule has 0 amide bonds. The highest BCUT2D eigenvalue weighted by Crippen LogP contribution is 2.19. The van der Waals surface area contributed by atoms with Gasteiger partial charge in [-0.15, -0.1) is 0 Å². The number of aromatic nitrogens is 2. The molecular formula is C9H13N3O4S. The van der Waals surface area contributed by atoms with Gasteiger partial charge in [0, 0.05) is 12.4 Å². The van der Waals surface area contributed by atoms with Crippen LogP contribution in [-0.4, -0.2) is 34.2 Å². The Hall–Kier alpha value is -1.70. The molecule has 8 heteroatoms. The summed E-state index contributed by atoms with van der Waals surface area (Å²) in [6.07, 6.45) is 2.39. The Morgan fingerprint density at radius 3 is 2.29 bits per heavy atom. The lowest BCUT2D eigenvalue weighted by Gasteiger charge is -2.20. The van der Waals surface area contributed by atoms with E-state index in [0.29, 0.717) is 0 Å². The fourth-order valence-corrected chi connectivity index (χ4v) is 1.56. The zero-order valence-corrected chi connectivity index (χ0v) is 10.4. The molecule has 0 aromatic carbocycles. The van der Waals surface area contributed by atoms with Gasteiger partial charge in [-0.3, -0.25) is 4.72 Å². The Balaban J connectivity index is 3.18. The van der Waals surface area contributed by atoms with E-state index in [9.17, 15) is 13.2 Å². The van der Waals surface area contributed by atoms with Gasteiger partial charge in [-0.1, -0.05) is 0 Å². The van der Waals surface area contributed by atoms with E-state index in [4.69, 9.17) is 5.11 Å². The van der Waals surface area contributed by atoms with Crippen LogP contribution < -0.4 is 4.72 Å². The molecule has 94 valence electrons. The number of carbonyl (C=O) groups is 1. The number of nitrogens with one attached hydrogen (secondary N) is 1. The molecular weight excluding hydrogens is 246 g/mol. The number of carboxylic acids is 1. The molecule has 0 fully saturated rings. The average molecular weight is 259 g/mol. The Bertz CT molecular complexity index is 533. The fraction of sp³-hybridized carbons (Fsp3) is 0.444. The highest BCUT2D eigenvalue weighted by Gasteiger charge is 2.30. The van der Waals surface area contributed by atoms with E-state index in [0.717, 1.165) is 0 Å². The van der Waals surface area contributed by atoms with Crippen molar-refractivity contribution in [2.45, 2.75) is 25.5 Å². The number of sulfonamides is 1. The maximum absolute atomic E-state index is 11.8. The first-order valence-electron chi connectivity index (χ1n) is 4.72. The van der Waals surface area contributed by atoms with Gasteiger partial charge in [0.1, 0.15) is 0 Å². The molecule has 1 aromatic heterocycles. The molecule has 0 saturated heterocycles. The summed E-state index contributed by atoms with van der Waals surface area (Å²) in [5.41, 5.74) is -0.430. The Morgan fingerprint density at radius 2 is 1.82 bits per heavy atom. The molecule has 0 saturated carbocycles. The van der Waals surface area contributed by atoms with Gasteiger partial charge in [0.15, 0.2) is 11.5 Å². The first-order valence-corrected chi connectivity index (χ1v) is 6.20. The van der Waals surface area contributed by atoms with Crippen molar-refractivity contribution in [2.24, 2.45) is 0 Å². The van der Waals surface area contributed by atoms with Crippen molar-refractivity contribution < 1.29 is 18.3 Å². The molecule has 0 spiro atoms. The number of hydrogen-bond acceptors (Lipinski definition) is 5. The molecule has 0 bridgehead atoms. The second-order valence-electron chi connectivity index (χ2n) is 4.28. The van der Waals surface area contributed by atoms with Gasteiger partial charge >= 0.3 is 5.97 Å². The van der Waals surface area contributed by atoms with E-state index in [2.05, 4.69) is 14.7 Å². The molecule has 0 atom stereocenters. The van der Waals surface area contributed by atoms with Gasteiger partial charge in [0.25, 0.3) is 0 Å². The molecule has 0 aliphatic rings. The van der Waals surface area contributed by atoms with E-state index in [1.165, 1.54) is 33.2 Å². The van der Waals surface area contributed by atoms with Crippen molar-refractivity contribution in [3.8, 4) is 0 Å². The van der Waals surface area contributed by atoms with Crippen LogP contribution in [0.5, 0.6) is 0 Å². The van der Waals surface area contributed by atoms with Crippen LogP contribution in [0.3, 0.4) is 0 Å². The molecule has 0 unspecified atom stereocenters. The van der Waals surface area contributed by atoms with E-state index in [-0.39, 0.29) is 5.82 Å². The third-order valence-electron chi connectivity index (χ3n) is 1.94. The largest absolute Gasteiger partial charge is 0.476 e. The zero-order chi connectivity index (χ0) is 13.3. The number of carboxylic acid groups (broad SMARTS) is 1.